The fourth-order valence-corrected chi connectivity index (χ4v) is 8.00. The van der Waals surface area contributed by atoms with Crippen molar-refractivity contribution in [2.45, 2.75) is 0 Å². The van der Waals surface area contributed by atoms with Crippen LogP contribution in [0.15, 0.2) is 237 Å². The summed E-state index contributed by atoms with van der Waals surface area (Å²) in [5.41, 5.74) is 15.6. The van der Waals surface area contributed by atoms with Crippen LogP contribution in [0.3, 0.4) is 0 Å². The lowest BCUT2D eigenvalue weighted by atomic mass is 9.89. The zero-order valence-electron chi connectivity index (χ0n) is 31.9. The quantitative estimate of drug-likeness (QED) is 0.147. The molecular formula is C55H39N3. The molecule has 0 amide bonds. The number of benzene rings is 9. The van der Waals surface area contributed by atoms with Crippen LogP contribution < -0.4 is 4.90 Å². The van der Waals surface area contributed by atoms with Crippen molar-refractivity contribution in [3.63, 3.8) is 0 Å². The van der Waals surface area contributed by atoms with Gasteiger partial charge in [0.2, 0.25) is 0 Å². The smallest absolute Gasteiger partial charge is 0.0934 e. The first-order valence-electron chi connectivity index (χ1n) is 19.7. The van der Waals surface area contributed by atoms with Crippen molar-refractivity contribution in [3.05, 3.63) is 237 Å². The van der Waals surface area contributed by atoms with E-state index in [0.29, 0.717) is 0 Å². The Morgan fingerprint density at radius 1 is 0.310 bits per heavy atom. The summed E-state index contributed by atoms with van der Waals surface area (Å²) in [6.45, 7) is 0. The Balaban J connectivity index is 1.00. The molecule has 0 bridgehead atoms. The van der Waals surface area contributed by atoms with E-state index < -0.39 is 0 Å². The van der Waals surface area contributed by atoms with Gasteiger partial charge in [-0.1, -0.05) is 176 Å². The number of aromatic nitrogens is 2. The maximum Gasteiger partial charge on any atom is 0.0934 e. The average molecular weight is 742 g/mol. The first-order chi connectivity index (χ1) is 28.8. The van der Waals surface area contributed by atoms with Gasteiger partial charge in [-0.3, -0.25) is 0 Å². The monoisotopic (exact) mass is 741 g/mol. The summed E-state index contributed by atoms with van der Waals surface area (Å²) in [5.74, 6) is 0. The summed E-state index contributed by atoms with van der Waals surface area (Å²) >= 11 is 0. The number of hydrogen-bond acceptors (Lipinski definition) is 2. The number of nitrogens with zero attached hydrogens (tertiary/aromatic N) is 3. The van der Waals surface area contributed by atoms with E-state index in [0.717, 1.165) is 50.8 Å². The molecule has 3 nitrogen and oxygen atoms in total. The highest BCUT2D eigenvalue weighted by Gasteiger charge is 2.17. The molecule has 58 heavy (non-hydrogen) atoms. The van der Waals surface area contributed by atoms with Crippen molar-refractivity contribution in [1.82, 2.24) is 9.78 Å². The van der Waals surface area contributed by atoms with Crippen molar-refractivity contribution in [2.75, 3.05) is 4.90 Å². The van der Waals surface area contributed by atoms with Gasteiger partial charge in [-0.2, -0.15) is 5.10 Å². The van der Waals surface area contributed by atoms with Gasteiger partial charge >= 0.3 is 0 Å². The molecule has 0 N–H and O–H groups in total. The van der Waals surface area contributed by atoms with Crippen molar-refractivity contribution in [1.29, 1.82) is 0 Å². The fourth-order valence-electron chi connectivity index (χ4n) is 8.00. The van der Waals surface area contributed by atoms with E-state index in [1.54, 1.807) is 0 Å². The Morgan fingerprint density at radius 3 is 1.34 bits per heavy atom. The van der Waals surface area contributed by atoms with Gasteiger partial charge in [0.25, 0.3) is 0 Å². The molecule has 0 aliphatic carbocycles. The highest BCUT2D eigenvalue weighted by Crippen LogP contribution is 2.41. The van der Waals surface area contributed by atoms with Crippen LogP contribution in [0.2, 0.25) is 0 Å². The largest absolute Gasteiger partial charge is 0.311 e. The number of para-hydroxylation sites is 2. The molecule has 0 radical (unpaired) electrons. The molecule has 1 heterocycles. The Hall–Kier alpha value is -7.75. The lowest BCUT2D eigenvalue weighted by Crippen LogP contribution is -2.09. The molecule has 0 saturated carbocycles. The van der Waals surface area contributed by atoms with E-state index in [1.165, 1.54) is 38.6 Å². The van der Waals surface area contributed by atoms with Gasteiger partial charge in [-0.15, -0.1) is 0 Å². The zero-order chi connectivity index (χ0) is 38.7. The predicted molar refractivity (Wildman–Crippen MR) is 243 cm³/mol. The number of fused-ring (bicyclic) bond motifs is 1. The lowest BCUT2D eigenvalue weighted by Gasteiger charge is -2.25. The maximum atomic E-state index is 5.18. The van der Waals surface area contributed by atoms with Gasteiger partial charge in [0.05, 0.1) is 17.1 Å². The Bertz CT molecular complexity index is 2930. The van der Waals surface area contributed by atoms with Crippen LogP contribution in [0.25, 0.3) is 72.4 Å². The molecule has 10 rings (SSSR count). The second-order valence-electron chi connectivity index (χ2n) is 14.4. The van der Waals surface area contributed by atoms with Crippen LogP contribution in [0, 0.1) is 0 Å². The lowest BCUT2D eigenvalue weighted by molar-refractivity contribution is 0.892. The molecular weight excluding hydrogens is 703 g/mol. The third-order valence-corrected chi connectivity index (χ3v) is 10.9. The van der Waals surface area contributed by atoms with Crippen molar-refractivity contribution in [3.8, 4) is 61.6 Å². The molecule has 0 unspecified atom stereocenters. The molecule has 0 aliphatic heterocycles. The minimum absolute atomic E-state index is 0.940. The Labute approximate surface area is 339 Å². The molecule has 9 aromatic carbocycles. The van der Waals surface area contributed by atoms with E-state index in [4.69, 9.17) is 5.10 Å². The van der Waals surface area contributed by atoms with E-state index in [-0.39, 0.29) is 0 Å². The standard InChI is InChI=1S/C55H39N3/c1-4-17-43(18-5-1)54-39-55(45-29-28-40-16-10-11-19-44(40)38-45)58(56-54)49-36-32-42(33-37-49)51-25-13-15-27-53(51)52-26-14-12-24-50(52)41-30-34-48(35-31-41)57(46-20-6-2-7-21-46)47-22-8-3-9-23-47/h1-39H. The summed E-state index contributed by atoms with van der Waals surface area (Å²) in [7, 11) is 0. The van der Waals surface area contributed by atoms with Gasteiger partial charge < -0.3 is 4.90 Å². The number of hydrogen-bond donors (Lipinski definition) is 0. The predicted octanol–water partition coefficient (Wildman–Crippen LogP) is 14.8. The van der Waals surface area contributed by atoms with E-state index in [2.05, 4.69) is 240 Å². The Kier molecular flexibility index (Phi) is 9.23. The van der Waals surface area contributed by atoms with Gasteiger partial charge in [0.15, 0.2) is 0 Å². The van der Waals surface area contributed by atoms with E-state index >= 15 is 0 Å². The Morgan fingerprint density at radius 2 is 0.759 bits per heavy atom. The highest BCUT2D eigenvalue weighted by molar-refractivity contribution is 5.92. The molecule has 0 fully saturated rings. The van der Waals surface area contributed by atoms with E-state index in [9.17, 15) is 0 Å². The first kappa shape index (κ1) is 34.7. The van der Waals surface area contributed by atoms with Crippen LogP contribution in [-0.4, -0.2) is 9.78 Å². The minimum Gasteiger partial charge on any atom is -0.311 e. The van der Waals surface area contributed by atoms with Crippen molar-refractivity contribution in [2.24, 2.45) is 0 Å². The second kappa shape index (κ2) is 15.4. The van der Waals surface area contributed by atoms with Crippen LogP contribution in [-0.2, 0) is 0 Å². The van der Waals surface area contributed by atoms with Gasteiger partial charge in [-0.05, 0) is 105 Å². The molecule has 0 atom stereocenters. The average Bonchev–Trinajstić information content (AvgIpc) is 3.76. The summed E-state index contributed by atoms with van der Waals surface area (Å²) in [6.07, 6.45) is 0. The maximum absolute atomic E-state index is 5.18. The normalized spacial score (nSPS) is 11.1. The van der Waals surface area contributed by atoms with E-state index in [1.807, 2.05) is 6.07 Å². The SMILES string of the molecule is c1ccc(-c2cc(-c3ccc4ccccc4c3)n(-c3ccc(-c4ccccc4-c4ccccc4-c4ccc(N(c5ccccc5)c5ccccc5)cc4)cc3)n2)cc1. The number of anilines is 3. The topological polar surface area (TPSA) is 21.1 Å². The summed E-state index contributed by atoms with van der Waals surface area (Å²) < 4.78 is 2.08. The van der Waals surface area contributed by atoms with Crippen molar-refractivity contribution < 1.29 is 0 Å². The molecule has 0 aliphatic rings. The molecule has 0 saturated heterocycles. The zero-order valence-corrected chi connectivity index (χ0v) is 31.9. The number of rotatable bonds is 9. The highest BCUT2D eigenvalue weighted by atomic mass is 15.3. The molecule has 1 aromatic heterocycles. The van der Waals surface area contributed by atoms with Gasteiger partial charge in [0, 0.05) is 28.2 Å². The third-order valence-electron chi connectivity index (χ3n) is 10.9. The summed E-state index contributed by atoms with van der Waals surface area (Å²) in [5, 5.41) is 7.61. The minimum atomic E-state index is 0.940. The molecule has 0 spiro atoms. The molecule has 3 heteroatoms. The fraction of sp³-hybridized carbons (Fsp3) is 0. The second-order valence-corrected chi connectivity index (χ2v) is 14.4. The summed E-state index contributed by atoms with van der Waals surface area (Å²) in [4.78, 5) is 2.30. The van der Waals surface area contributed by atoms with Gasteiger partial charge in [-0.25, -0.2) is 4.68 Å². The van der Waals surface area contributed by atoms with Crippen molar-refractivity contribution >= 4 is 27.8 Å². The summed E-state index contributed by atoms with van der Waals surface area (Å²) in [6, 6.07) is 84.1. The van der Waals surface area contributed by atoms with Crippen LogP contribution >= 0.6 is 0 Å². The van der Waals surface area contributed by atoms with Crippen LogP contribution in [0.4, 0.5) is 17.1 Å². The molecule has 274 valence electrons. The van der Waals surface area contributed by atoms with Crippen LogP contribution in [0.5, 0.6) is 0 Å². The van der Waals surface area contributed by atoms with Crippen LogP contribution in [0.1, 0.15) is 0 Å². The molecule has 10 aromatic rings. The van der Waals surface area contributed by atoms with Gasteiger partial charge in [0.1, 0.15) is 0 Å². The first-order valence-corrected chi connectivity index (χ1v) is 19.7. The third kappa shape index (κ3) is 6.76.